The van der Waals surface area contributed by atoms with E-state index in [1.807, 2.05) is 6.07 Å². The van der Waals surface area contributed by atoms with Crippen LogP contribution in [0.3, 0.4) is 0 Å². The zero-order chi connectivity index (χ0) is 22.1. The summed E-state index contributed by atoms with van der Waals surface area (Å²) >= 11 is 0. The first kappa shape index (κ1) is 20.9. The average Bonchev–Trinajstić information content (AvgIpc) is 3.15. The molecular formula is C22H24F2N6O. The van der Waals surface area contributed by atoms with E-state index >= 15 is 0 Å². The third kappa shape index (κ3) is 4.40. The summed E-state index contributed by atoms with van der Waals surface area (Å²) in [6.45, 7) is 6.37. The van der Waals surface area contributed by atoms with E-state index in [0.29, 0.717) is 29.1 Å². The summed E-state index contributed by atoms with van der Waals surface area (Å²) in [6.07, 6.45) is 2.50. The molecule has 31 heavy (non-hydrogen) atoms. The van der Waals surface area contributed by atoms with Crippen LogP contribution < -0.4 is 15.5 Å². The highest BCUT2D eigenvalue weighted by Crippen LogP contribution is 2.30. The highest BCUT2D eigenvalue weighted by Gasteiger charge is 2.25. The van der Waals surface area contributed by atoms with Crippen LogP contribution in [0.15, 0.2) is 30.5 Å². The smallest absolute Gasteiger partial charge is 0.217 e. The number of aromatic nitrogens is 3. The van der Waals surface area contributed by atoms with Crippen molar-refractivity contribution in [3.05, 3.63) is 53.5 Å². The second-order valence-electron chi connectivity index (χ2n) is 7.81. The van der Waals surface area contributed by atoms with Crippen molar-refractivity contribution in [2.45, 2.75) is 39.3 Å². The number of amides is 1. The number of nitrogens with one attached hydrogen (secondary N) is 2. The lowest BCUT2D eigenvalue weighted by Gasteiger charge is -2.20. The predicted octanol–water partition coefficient (Wildman–Crippen LogP) is 3.50. The Kier molecular flexibility index (Phi) is 5.67. The molecule has 0 spiro atoms. The van der Waals surface area contributed by atoms with Crippen LogP contribution >= 0.6 is 0 Å². The van der Waals surface area contributed by atoms with Gasteiger partial charge in [0, 0.05) is 37.0 Å². The van der Waals surface area contributed by atoms with E-state index in [2.05, 4.69) is 30.5 Å². The van der Waals surface area contributed by atoms with Crippen LogP contribution in [0.25, 0.3) is 10.9 Å². The van der Waals surface area contributed by atoms with E-state index < -0.39 is 17.7 Å². The molecule has 1 aliphatic heterocycles. The molecule has 1 saturated heterocycles. The maximum Gasteiger partial charge on any atom is 0.217 e. The number of hydrogen-bond donors (Lipinski definition) is 2. The monoisotopic (exact) mass is 426 g/mol. The second-order valence-corrected chi connectivity index (χ2v) is 7.81. The summed E-state index contributed by atoms with van der Waals surface area (Å²) in [5.41, 5.74) is 0.594. The molecule has 0 aliphatic carbocycles. The Labute approximate surface area is 178 Å². The van der Waals surface area contributed by atoms with Gasteiger partial charge in [-0.1, -0.05) is 6.07 Å². The number of pyridine rings is 1. The molecule has 0 saturated carbocycles. The molecule has 3 aromatic rings. The summed E-state index contributed by atoms with van der Waals surface area (Å²) in [6, 6.07) is 5.12. The number of fused-ring (bicyclic) bond motifs is 1. The number of hydrogen-bond acceptors (Lipinski definition) is 6. The van der Waals surface area contributed by atoms with Crippen molar-refractivity contribution in [2.24, 2.45) is 0 Å². The van der Waals surface area contributed by atoms with Crippen molar-refractivity contribution >= 4 is 28.4 Å². The molecule has 1 fully saturated rings. The van der Waals surface area contributed by atoms with Crippen molar-refractivity contribution in [1.29, 1.82) is 0 Å². The minimum absolute atomic E-state index is 0.0427. The molecule has 0 radical (unpaired) electrons. The van der Waals surface area contributed by atoms with Gasteiger partial charge in [0.2, 0.25) is 5.91 Å². The standard InChI is InChI=1S/C22H24F2N6O/c1-12(21-17(23)5-4-6-18(21)24)26-22-16-9-20(25-10-19(16)27-13(2)28-22)30-8-7-15(11-30)29-14(3)31/h4-6,9-10,12,15H,7-8,11H2,1-3H3,(H,29,31)(H,26,27,28)/t12-,15+/m0/s1. The summed E-state index contributed by atoms with van der Waals surface area (Å²) in [5, 5.41) is 6.79. The van der Waals surface area contributed by atoms with Gasteiger partial charge in [-0.2, -0.15) is 0 Å². The number of carbonyl (C=O) groups excluding carboxylic acids is 1. The molecule has 3 heterocycles. The van der Waals surface area contributed by atoms with Crippen molar-refractivity contribution in [1.82, 2.24) is 20.3 Å². The Morgan fingerprint density at radius 3 is 2.71 bits per heavy atom. The summed E-state index contributed by atoms with van der Waals surface area (Å²) in [4.78, 5) is 26.9. The van der Waals surface area contributed by atoms with Gasteiger partial charge in [0.15, 0.2) is 0 Å². The lowest BCUT2D eigenvalue weighted by atomic mass is 10.1. The minimum atomic E-state index is -0.647. The third-order valence-corrected chi connectivity index (χ3v) is 5.39. The Morgan fingerprint density at radius 2 is 2.00 bits per heavy atom. The van der Waals surface area contributed by atoms with Gasteiger partial charge < -0.3 is 15.5 Å². The van der Waals surface area contributed by atoms with Gasteiger partial charge in [-0.05, 0) is 38.5 Å². The molecule has 9 heteroatoms. The topological polar surface area (TPSA) is 83.0 Å². The lowest BCUT2D eigenvalue weighted by molar-refractivity contribution is -0.119. The Balaban J connectivity index is 1.66. The molecule has 4 rings (SSSR count). The van der Waals surface area contributed by atoms with Crippen LogP contribution in [0.4, 0.5) is 20.4 Å². The first-order valence-corrected chi connectivity index (χ1v) is 10.2. The first-order valence-electron chi connectivity index (χ1n) is 10.2. The fourth-order valence-corrected chi connectivity index (χ4v) is 4.00. The van der Waals surface area contributed by atoms with E-state index in [-0.39, 0.29) is 17.5 Å². The number of aryl methyl sites for hydroxylation is 1. The Morgan fingerprint density at radius 1 is 1.26 bits per heavy atom. The fourth-order valence-electron chi connectivity index (χ4n) is 4.00. The molecule has 2 N–H and O–H groups in total. The van der Waals surface area contributed by atoms with Gasteiger partial charge in [-0.3, -0.25) is 4.79 Å². The number of halogens is 2. The Bertz CT molecular complexity index is 1120. The van der Waals surface area contributed by atoms with E-state index in [0.717, 1.165) is 18.8 Å². The molecular weight excluding hydrogens is 402 g/mol. The molecule has 2 atom stereocenters. The van der Waals surface area contributed by atoms with E-state index in [4.69, 9.17) is 0 Å². The predicted molar refractivity (Wildman–Crippen MR) is 115 cm³/mol. The largest absolute Gasteiger partial charge is 0.363 e. The van der Waals surface area contributed by atoms with E-state index in [9.17, 15) is 13.6 Å². The number of rotatable bonds is 5. The van der Waals surface area contributed by atoms with E-state index in [1.54, 1.807) is 20.0 Å². The number of benzene rings is 1. The highest BCUT2D eigenvalue weighted by molar-refractivity contribution is 5.90. The van der Waals surface area contributed by atoms with Gasteiger partial charge in [0.05, 0.1) is 17.8 Å². The van der Waals surface area contributed by atoms with Gasteiger partial charge >= 0.3 is 0 Å². The van der Waals surface area contributed by atoms with Crippen LogP contribution in [-0.2, 0) is 4.79 Å². The highest BCUT2D eigenvalue weighted by atomic mass is 19.1. The average molecular weight is 426 g/mol. The van der Waals surface area contributed by atoms with E-state index in [1.165, 1.54) is 25.1 Å². The maximum absolute atomic E-state index is 14.2. The molecule has 7 nitrogen and oxygen atoms in total. The van der Waals surface area contributed by atoms with Gasteiger partial charge in [0.1, 0.15) is 29.1 Å². The normalized spacial score (nSPS) is 17.1. The number of nitrogens with zero attached hydrogens (tertiary/aromatic N) is 4. The quantitative estimate of drug-likeness (QED) is 0.650. The molecule has 1 amide bonds. The van der Waals surface area contributed by atoms with Gasteiger partial charge in [0.25, 0.3) is 0 Å². The third-order valence-electron chi connectivity index (χ3n) is 5.39. The van der Waals surface area contributed by atoms with Crippen LogP contribution in [-0.4, -0.2) is 40.0 Å². The zero-order valence-electron chi connectivity index (χ0n) is 17.6. The molecule has 162 valence electrons. The maximum atomic E-state index is 14.2. The fraction of sp³-hybridized carbons (Fsp3) is 0.364. The molecule has 0 bridgehead atoms. The number of anilines is 2. The van der Waals surface area contributed by atoms with Crippen LogP contribution in [0, 0.1) is 18.6 Å². The van der Waals surface area contributed by atoms with Gasteiger partial charge in [-0.25, -0.2) is 23.7 Å². The van der Waals surface area contributed by atoms with Crippen molar-refractivity contribution in [3.8, 4) is 0 Å². The molecule has 1 aromatic carbocycles. The van der Waals surface area contributed by atoms with Crippen molar-refractivity contribution < 1.29 is 13.6 Å². The molecule has 0 unspecified atom stereocenters. The summed E-state index contributed by atoms with van der Waals surface area (Å²) in [7, 11) is 0. The second kappa shape index (κ2) is 8.41. The van der Waals surface area contributed by atoms with Crippen LogP contribution in [0.2, 0.25) is 0 Å². The van der Waals surface area contributed by atoms with Gasteiger partial charge in [-0.15, -0.1) is 0 Å². The SMILES string of the molecule is CC(=O)N[C@@H]1CCN(c2cc3c(N[C@@H](C)c4c(F)cccc4F)nc(C)nc3cn2)C1. The Hall–Kier alpha value is -3.36. The molecule has 1 aliphatic rings. The van der Waals surface area contributed by atoms with Crippen LogP contribution in [0.5, 0.6) is 0 Å². The zero-order valence-corrected chi connectivity index (χ0v) is 17.6. The van der Waals surface area contributed by atoms with Crippen LogP contribution in [0.1, 0.15) is 37.7 Å². The summed E-state index contributed by atoms with van der Waals surface area (Å²) < 4.78 is 28.5. The first-order chi connectivity index (χ1) is 14.8. The van der Waals surface area contributed by atoms with Crippen molar-refractivity contribution in [2.75, 3.05) is 23.3 Å². The summed E-state index contributed by atoms with van der Waals surface area (Å²) in [5.74, 6) is 0.470. The molecule has 2 aromatic heterocycles. The minimum Gasteiger partial charge on any atom is -0.363 e. The van der Waals surface area contributed by atoms with Crippen molar-refractivity contribution in [3.63, 3.8) is 0 Å². The lowest BCUT2D eigenvalue weighted by Crippen LogP contribution is -2.35. The number of carbonyl (C=O) groups is 1.